The molecule has 1 heterocycles. The van der Waals surface area contributed by atoms with E-state index in [1.165, 1.54) is 6.07 Å². The van der Waals surface area contributed by atoms with Crippen molar-refractivity contribution < 1.29 is 13.9 Å². The Hall–Kier alpha value is -1.78. The molecule has 1 amide bonds. The number of amides is 1. The Morgan fingerprint density at radius 2 is 2.17 bits per heavy atom. The molecule has 2 rings (SSSR count). The molecule has 0 spiro atoms. The van der Waals surface area contributed by atoms with Crippen molar-refractivity contribution in [1.82, 2.24) is 4.90 Å². The topological polar surface area (TPSA) is 41.6 Å². The van der Waals surface area contributed by atoms with E-state index in [0.717, 1.165) is 31.6 Å². The molecule has 128 valence electrons. The normalized spacial score (nSPS) is 18.7. The number of piperidine rings is 1. The van der Waals surface area contributed by atoms with E-state index in [2.05, 4.69) is 5.32 Å². The van der Waals surface area contributed by atoms with Crippen LogP contribution in [0.2, 0.25) is 0 Å². The molecule has 0 bridgehead atoms. The second-order valence-electron chi connectivity index (χ2n) is 7.28. The SMILES string of the molecule is Cc1ccc(NCC2CCCN(C(=O)OC(C)(C)C)C2)cc1F. The number of nitrogens with zero attached hydrogens (tertiary/aromatic N) is 1. The van der Waals surface area contributed by atoms with Gasteiger partial charge in [-0.1, -0.05) is 6.07 Å². The summed E-state index contributed by atoms with van der Waals surface area (Å²) < 4.78 is 19.0. The van der Waals surface area contributed by atoms with Crippen LogP contribution in [0.3, 0.4) is 0 Å². The van der Waals surface area contributed by atoms with E-state index in [1.807, 2.05) is 26.8 Å². The van der Waals surface area contributed by atoms with Crippen LogP contribution >= 0.6 is 0 Å². The maximum Gasteiger partial charge on any atom is 0.410 e. The molecule has 1 unspecified atom stereocenters. The average Bonchev–Trinajstić information content (AvgIpc) is 2.47. The predicted molar refractivity (Wildman–Crippen MR) is 90.2 cm³/mol. The Kier molecular flexibility index (Phi) is 5.50. The van der Waals surface area contributed by atoms with Gasteiger partial charge in [0.15, 0.2) is 0 Å². The van der Waals surface area contributed by atoms with Gasteiger partial charge < -0.3 is 15.0 Å². The minimum atomic E-state index is -0.471. The van der Waals surface area contributed by atoms with Crippen molar-refractivity contribution in [2.45, 2.75) is 46.1 Å². The van der Waals surface area contributed by atoms with Gasteiger partial charge in [-0.3, -0.25) is 0 Å². The number of halogens is 1. The summed E-state index contributed by atoms with van der Waals surface area (Å²) in [6.45, 7) is 9.51. The number of aryl methyl sites for hydroxylation is 1. The van der Waals surface area contributed by atoms with Crippen LogP contribution in [-0.2, 0) is 4.74 Å². The molecule has 23 heavy (non-hydrogen) atoms. The summed E-state index contributed by atoms with van der Waals surface area (Å²) in [5, 5.41) is 3.27. The Labute approximate surface area is 138 Å². The highest BCUT2D eigenvalue weighted by Gasteiger charge is 2.27. The number of nitrogens with one attached hydrogen (secondary N) is 1. The van der Waals surface area contributed by atoms with Gasteiger partial charge in [0.1, 0.15) is 11.4 Å². The number of likely N-dealkylation sites (tertiary alicyclic amines) is 1. The minimum absolute atomic E-state index is 0.200. The number of hydrogen-bond donors (Lipinski definition) is 1. The van der Waals surface area contributed by atoms with Gasteiger partial charge >= 0.3 is 6.09 Å². The minimum Gasteiger partial charge on any atom is -0.444 e. The van der Waals surface area contributed by atoms with Crippen LogP contribution < -0.4 is 5.32 Å². The van der Waals surface area contributed by atoms with Crippen LogP contribution in [0.25, 0.3) is 0 Å². The fourth-order valence-corrected chi connectivity index (χ4v) is 2.69. The summed E-state index contributed by atoms with van der Waals surface area (Å²) in [4.78, 5) is 13.9. The molecular formula is C18H27FN2O2. The third-order valence-corrected chi connectivity index (χ3v) is 3.94. The number of carbonyl (C=O) groups excluding carboxylic acids is 1. The lowest BCUT2D eigenvalue weighted by Gasteiger charge is -2.34. The number of hydrogen-bond acceptors (Lipinski definition) is 3. The zero-order chi connectivity index (χ0) is 17.0. The van der Waals surface area contributed by atoms with E-state index in [4.69, 9.17) is 4.74 Å². The Balaban J connectivity index is 1.86. The molecule has 1 fully saturated rings. The molecule has 0 radical (unpaired) electrons. The summed E-state index contributed by atoms with van der Waals surface area (Å²) in [6.07, 6.45) is 1.78. The predicted octanol–water partition coefficient (Wildman–Crippen LogP) is 4.19. The second-order valence-corrected chi connectivity index (χ2v) is 7.28. The van der Waals surface area contributed by atoms with Crippen molar-refractivity contribution >= 4 is 11.8 Å². The van der Waals surface area contributed by atoms with Gasteiger partial charge in [-0.25, -0.2) is 9.18 Å². The van der Waals surface area contributed by atoms with Gasteiger partial charge in [-0.05, 0) is 64.2 Å². The molecule has 0 aromatic heterocycles. The van der Waals surface area contributed by atoms with Gasteiger partial charge in [0, 0.05) is 25.3 Å². The monoisotopic (exact) mass is 322 g/mol. The summed E-state index contributed by atoms with van der Waals surface area (Å²) in [5.74, 6) is 0.148. The van der Waals surface area contributed by atoms with E-state index in [1.54, 1.807) is 17.9 Å². The Morgan fingerprint density at radius 1 is 1.43 bits per heavy atom. The molecule has 5 heteroatoms. The number of rotatable bonds is 3. The lowest BCUT2D eigenvalue weighted by atomic mass is 9.98. The van der Waals surface area contributed by atoms with Crippen molar-refractivity contribution in [3.8, 4) is 0 Å². The molecular weight excluding hydrogens is 295 g/mol. The summed E-state index contributed by atoms with van der Waals surface area (Å²) in [5.41, 5.74) is 0.952. The van der Waals surface area contributed by atoms with Crippen molar-refractivity contribution in [2.75, 3.05) is 25.0 Å². The first-order valence-electron chi connectivity index (χ1n) is 8.22. The zero-order valence-corrected chi connectivity index (χ0v) is 14.5. The van der Waals surface area contributed by atoms with Gasteiger partial charge in [0.2, 0.25) is 0 Å². The van der Waals surface area contributed by atoms with E-state index >= 15 is 0 Å². The van der Waals surface area contributed by atoms with Crippen molar-refractivity contribution in [3.63, 3.8) is 0 Å². The number of carbonyl (C=O) groups is 1. The quantitative estimate of drug-likeness (QED) is 0.907. The molecule has 1 saturated heterocycles. The third kappa shape index (κ3) is 5.41. The van der Waals surface area contributed by atoms with Gasteiger partial charge in [-0.2, -0.15) is 0 Å². The first-order valence-corrected chi connectivity index (χ1v) is 8.22. The first kappa shape index (κ1) is 17.6. The van der Waals surface area contributed by atoms with Crippen molar-refractivity contribution in [3.05, 3.63) is 29.6 Å². The van der Waals surface area contributed by atoms with Crippen LogP contribution in [0.4, 0.5) is 14.9 Å². The highest BCUT2D eigenvalue weighted by atomic mass is 19.1. The summed E-state index contributed by atoms with van der Waals surface area (Å²) in [7, 11) is 0. The van der Waals surface area contributed by atoms with E-state index in [-0.39, 0.29) is 11.9 Å². The van der Waals surface area contributed by atoms with Crippen LogP contribution in [0.5, 0.6) is 0 Å². The van der Waals surface area contributed by atoms with Crippen molar-refractivity contribution in [2.24, 2.45) is 5.92 Å². The highest BCUT2D eigenvalue weighted by molar-refractivity contribution is 5.68. The molecule has 1 aromatic rings. The van der Waals surface area contributed by atoms with Gasteiger partial charge in [-0.15, -0.1) is 0 Å². The zero-order valence-electron chi connectivity index (χ0n) is 14.5. The summed E-state index contributed by atoms with van der Waals surface area (Å²) in [6, 6.07) is 5.17. The fourth-order valence-electron chi connectivity index (χ4n) is 2.69. The molecule has 1 atom stereocenters. The molecule has 1 aromatic carbocycles. The third-order valence-electron chi connectivity index (χ3n) is 3.94. The van der Waals surface area contributed by atoms with Crippen LogP contribution in [0, 0.1) is 18.7 Å². The van der Waals surface area contributed by atoms with Crippen LogP contribution in [0.1, 0.15) is 39.2 Å². The van der Waals surface area contributed by atoms with E-state index in [9.17, 15) is 9.18 Å². The lowest BCUT2D eigenvalue weighted by Crippen LogP contribution is -2.44. The largest absolute Gasteiger partial charge is 0.444 e. The van der Waals surface area contributed by atoms with E-state index in [0.29, 0.717) is 18.0 Å². The molecule has 1 aliphatic rings. The molecule has 1 aliphatic heterocycles. The first-order chi connectivity index (χ1) is 10.7. The number of anilines is 1. The standard InChI is InChI=1S/C18H27FN2O2/c1-13-7-8-15(10-16(13)19)20-11-14-6-5-9-21(12-14)17(22)23-18(2,3)4/h7-8,10,14,20H,5-6,9,11-12H2,1-4H3. The Bertz CT molecular complexity index is 554. The van der Waals surface area contributed by atoms with Crippen LogP contribution in [-0.4, -0.2) is 36.2 Å². The number of ether oxygens (including phenoxy) is 1. The van der Waals surface area contributed by atoms with E-state index < -0.39 is 5.60 Å². The Morgan fingerprint density at radius 3 is 2.83 bits per heavy atom. The average molecular weight is 322 g/mol. The lowest BCUT2D eigenvalue weighted by molar-refractivity contribution is 0.0172. The molecule has 0 aliphatic carbocycles. The smallest absolute Gasteiger partial charge is 0.410 e. The van der Waals surface area contributed by atoms with Gasteiger partial charge in [0.25, 0.3) is 0 Å². The maximum atomic E-state index is 13.6. The van der Waals surface area contributed by atoms with Gasteiger partial charge in [0.05, 0.1) is 0 Å². The van der Waals surface area contributed by atoms with Crippen LogP contribution in [0.15, 0.2) is 18.2 Å². The second kappa shape index (κ2) is 7.20. The summed E-state index contributed by atoms with van der Waals surface area (Å²) >= 11 is 0. The molecule has 0 saturated carbocycles. The maximum absolute atomic E-state index is 13.6. The fraction of sp³-hybridized carbons (Fsp3) is 0.611. The number of benzene rings is 1. The molecule has 4 nitrogen and oxygen atoms in total. The highest BCUT2D eigenvalue weighted by Crippen LogP contribution is 2.21. The molecule has 1 N–H and O–H groups in total. The van der Waals surface area contributed by atoms with Crippen molar-refractivity contribution in [1.29, 1.82) is 0 Å².